The number of ether oxygens (including phenoxy) is 1. The van der Waals surface area contributed by atoms with Gasteiger partial charge in [-0.3, -0.25) is 4.90 Å². The quantitative estimate of drug-likeness (QED) is 0.614. The van der Waals surface area contributed by atoms with Crippen LogP contribution in [0.2, 0.25) is 0 Å². The van der Waals surface area contributed by atoms with Crippen LogP contribution in [0.3, 0.4) is 0 Å². The van der Waals surface area contributed by atoms with Gasteiger partial charge < -0.3 is 9.29 Å². The SMILES string of the molecule is N[S+]([O-])C1CCN(C2COC2)CC1. The second-order valence-electron chi connectivity index (χ2n) is 3.76. The summed E-state index contributed by atoms with van der Waals surface area (Å²) < 4.78 is 16.1. The summed E-state index contributed by atoms with van der Waals surface area (Å²) in [6.45, 7) is 3.80. The Morgan fingerprint density at radius 2 is 1.92 bits per heavy atom. The molecule has 76 valence electrons. The van der Waals surface area contributed by atoms with E-state index in [1.165, 1.54) is 0 Å². The number of rotatable bonds is 2. The van der Waals surface area contributed by atoms with E-state index < -0.39 is 11.4 Å². The summed E-state index contributed by atoms with van der Waals surface area (Å²) in [6.07, 6.45) is 1.94. The zero-order valence-electron chi connectivity index (χ0n) is 7.65. The molecule has 2 aliphatic heterocycles. The van der Waals surface area contributed by atoms with Crippen molar-refractivity contribution in [1.82, 2.24) is 4.90 Å². The minimum atomic E-state index is -1.12. The summed E-state index contributed by atoms with van der Waals surface area (Å²) in [6, 6.07) is 0.618. The first-order chi connectivity index (χ1) is 6.27. The number of hydrogen-bond donors (Lipinski definition) is 1. The molecular weight excluding hydrogens is 188 g/mol. The molecule has 2 heterocycles. The Kier molecular flexibility index (Phi) is 3.10. The highest BCUT2D eigenvalue weighted by Crippen LogP contribution is 2.20. The molecule has 1 atom stereocenters. The predicted molar refractivity (Wildman–Crippen MR) is 51.5 cm³/mol. The Morgan fingerprint density at radius 3 is 2.31 bits per heavy atom. The maximum Gasteiger partial charge on any atom is 0.137 e. The van der Waals surface area contributed by atoms with E-state index in [4.69, 9.17) is 9.88 Å². The lowest BCUT2D eigenvalue weighted by atomic mass is 10.1. The van der Waals surface area contributed by atoms with E-state index in [-0.39, 0.29) is 5.25 Å². The lowest BCUT2D eigenvalue weighted by molar-refractivity contribution is -0.0695. The van der Waals surface area contributed by atoms with Crippen molar-refractivity contribution in [1.29, 1.82) is 0 Å². The molecule has 4 nitrogen and oxygen atoms in total. The molecule has 0 aliphatic carbocycles. The standard InChI is InChI=1S/C8H16N2O2S/c9-13(11)8-1-3-10(4-2-8)7-5-12-6-7/h7-8H,1-6,9H2. The van der Waals surface area contributed by atoms with Crippen molar-refractivity contribution in [2.75, 3.05) is 26.3 Å². The molecule has 5 heteroatoms. The second kappa shape index (κ2) is 4.14. The van der Waals surface area contributed by atoms with Crippen molar-refractivity contribution in [2.45, 2.75) is 24.1 Å². The van der Waals surface area contributed by atoms with E-state index in [9.17, 15) is 4.55 Å². The molecule has 0 aromatic heterocycles. The number of hydrogen-bond acceptors (Lipinski definition) is 4. The summed E-state index contributed by atoms with van der Waals surface area (Å²) >= 11 is -1.12. The lowest BCUT2D eigenvalue weighted by Crippen LogP contribution is -2.53. The molecule has 0 radical (unpaired) electrons. The molecule has 2 N–H and O–H groups in total. The fraction of sp³-hybridized carbons (Fsp3) is 1.00. The fourth-order valence-corrected chi connectivity index (χ4v) is 2.58. The van der Waals surface area contributed by atoms with E-state index >= 15 is 0 Å². The van der Waals surface area contributed by atoms with Crippen molar-refractivity contribution >= 4 is 11.4 Å². The van der Waals surface area contributed by atoms with Crippen molar-refractivity contribution in [3.8, 4) is 0 Å². The van der Waals surface area contributed by atoms with Crippen molar-refractivity contribution < 1.29 is 9.29 Å². The van der Waals surface area contributed by atoms with Crippen LogP contribution in [0.4, 0.5) is 0 Å². The summed E-state index contributed by atoms with van der Waals surface area (Å²) in [5, 5.41) is 5.58. The van der Waals surface area contributed by atoms with Crippen LogP contribution in [-0.4, -0.2) is 47.0 Å². The summed E-state index contributed by atoms with van der Waals surface area (Å²) in [4.78, 5) is 2.42. The third kappa shape index (κ3) is 2.16. The molecule has 0 aromatic carbocycles. The van der Waals surface area contributed by atoms with Crippen LogP contribution in [0.5, 0.6) is 0 Å². The topological polar surface area (TPSA) is 61.5 Å². The Balaban J connectivity index is 1.75. The molecule has 0 bridgehead atoms. The van der Waals surface area contributed by atoms with Gasteiger partial charge in [0.15, 0.2) is 0 Å². The van der Waals surface area contributed by atoms with Crippen LogP contribution < -0.4 is 5.14 Å². The first kappa shape index (κ1) is 9.73. The Bertz CT molecular complexity index is 168. The first-order valence-corrected chi connectivity index (χ1v) is 6.02. The largest absolute Gasteiger partial charge is 0.598 e. The number of nitrogens with two attached hydrogens (primary N) is 1. The number of nitrogens with zero attached hydrogens (tertiary/aromatic N) is 1. The van der Waals surface area contributed by atoms with E-state index in [1.54, 1.807) is 0 Å². The Labute approximate surface area is 81.7 Å². The second-order valence-corrected chi connectivity index (χ2v) is 5.08. The summed E-state index contributed by atoms with van der Waals surface area (Å²) in [5.74, 6) is 0. The van der Waals surface area contributed by atoms with Gasteiger partial charge >= 0.3 is 0 Å². The molecule has 2 aliphatic rings. The highest BCUT2D eigenvalue weighted by atomic mass is 32.2. The maximum atomic E-state index is 11.0. The van der Waals surface area contributed by atoms with Gasteiger partial charge in [-0.25, -0.2) is 0 Å². The Hall–Kier alpha value is 0.190. The molecule has 0 saturated carbocycles. The molecule has 13 heavy (non-hydrogen) atoms. The molecule has 0 spiro atoms. The van der Waals surface area contributed by atoms with Crippen molar-refractivity contribution in [2.24, 2.45) is 5.14 Å². The minimum absolute atomic E-state index is 0.220. The molecule has 1 unspecified atom stereocenters. The average Bonchev–Trinajstić information content (AvgIpc) is 2.02. The van der Waals surface area contributed by atoms with E-state index in [0.29, 0.717) is 6.04 Å². The number of piperidine rings is 1. The average molecular weight is 204 g/mol. The van der Waals surface area contributed by atoms with Crippen LogP contribution in [0.15, 0.2) is 0 Å². The molecule has 2 saturated heterocycles. The van der Waals surface area contributed by atoms with Gasteiger partial charge in [-0.2, -0.15) is 5.14 Å². The molecule has 2 rings (SSSR count). The Morgan fingerprint density at radius 1 is 1.31 bits per heavy atom. The summed E-state index contributed by atoms with van der Waals surface area (Å²) in [5.41, 5.74) is 0. The fourth-order valence-electron chi connectivity index (χ4n) is 1.91. The van der Waals surface area contributed by atoms with E-state index in [2.05, 4.69) is 4.90 Å². The van der Waals surface area contributed by atoms with E-state index in [0.717, 1.165) is 39.1 Å². The van der Waals surface area contributed by atoms with Gasteiger partial charge in [0.2, 0.25) is 0 Å². The van der Waals surface area contributed by atoms with Crippen molar-refractivity contribution in [3.05, 3.63) is 0 Å². The molecular formula is C8H16N2O2S. The van der Waals surface area contributed by atoms with Crippen LogP contribution in [0.25, 0.3) is 0 Å². The maximum absolute atomic E-state index is 11.0. The third-order valence-electron chi connectivity index (χ3n) is 2.94. The van der Waals surface area contributed by atoms with Gasteiger partial charge in [-0.05, 0) is 0 Å². The minimum Gasteiger partial charge on any atom is -0.598 e. The highest BCUT2D eigenvalue weighted by molar-refractivity contribution is 7.89. The first-order valence-electron chi connectivity index (χ1n) is 4.74. The van der Waals surface area contributed by atoms with Crippen molar-refractivity contribution in [3.63, 3.8) is 0 Å². The molecule has 0 amide bonds. The lowest BCUT2D eigenvalue weighted by Gasteiger charge is -2.40. The van der Waals surface area contributed by atoms with E-state index in [1.807, 2.05) is 0 Å². The van der Waals surface area contributed by atoms with Gasteiger partial charge in [0.25, 0.3) is 0 Å². The zero-order chi connectivity index (χ0) is 9.26. The zero-order valence-corrected chi connectivity index (χ0v) is 8.46. The smallest absolute Gasteiger partial charge is 0.137 e. The van der Waals surface area contributed by atoms with Gasteiger partial charge in [0, 0.05) is 37.3 Å². The third-order valence-corrected chi connectivity index (χ3v) is 4.07. The molecule has 2 fully saturated rings. The van der Waals surface area contributed by atoms with Gasteiger partial charge in [0.05, 0.1) is 19.3 Å². The van der Waals surface area contributed by atoms with Crippen LogP contribution in [-0.2, 0) is 16.1 Å². The normalized spacial score (nSPS) is 30.0. The van der Waals surface area contributed by atoms with Gasteiger partial charge in [-0.1, -0.05) is 0 Å². The summed E-state index contributed by atoms with van der Waals surface area (Å²) in [7, 11) is 0. The monoisotopic (exact) mass is 204 g/mol. The molecule has 0 aromatic rings. The van der Waals surface area contributed by atoms with Crippen LogP contribution in [0, 0.1) is 0 Å². The van der Waals surface area contributed by atoms with Crippen LogP contribution in [0.1, 0.15) is 12.8 Å². The van der Waals surface area contributed by atoms with Crippen LogP contribution >= 0.6 is 0 Å². The predicted octanol–water partition coefficient (Wildman–Crippen LogP) is -0.528. The van der Waals surface area contributed by atoms with Gasteiger partial charge in [0.1, 0.15) is 5.25 Å². The highest BCUT2D eigenvalue weighted by Gasteiger charge is 2.32. The number of likely N-dealkylation sites (tertiary alicyclic amines) is 1. The van der Waals surface area contributed by atoms with Gasteiger partial charge in [-0.15, -0.1) is 0 Å².